The molecule has 1 aliphatic rings. The first kappa shape index (κ1) is 14.6. The highest BCUT2D eigenvalue weighted by atomic mass is 16.5. The molecule has 20 heavy (non-hydrogen) atoms. The average Bonchev–Trinajstić information content (AvgIpc) is 2.48. The van der Waals surface area contributed by atoms with Gasteiger partial charge in [-0.3, -0.25) is 4.79 Å². The van der Waals surface area contributed by atoms with Gasteiger partial charge in [-0.2, -0.15) is 0 Å². The molecule has 0 bridgehead atoms. The second kappa shape index (κ2) is 7.12. The van der Waals surface area contributed by atoms with E-state index in [9.17, 15) is 9.90 Å². The van der Waals surface area contributed by atoms with Crippen molar-refractivity contribution in [1.29, 1.82) is 0 Å². The minimum absolute atomic E-state index is 0.00383. The van der Waals surface area contributed by atoms with Crippen molar-refractivity contribution >= 4 is 11.6 Å². The van der Waals surface area contributed by atoms with Gasteiger partial charge in [0, 0.05) is 6.07 Å². The number of carbonyl (C=O) groups is 1. The third-order valence-electron chi connectivity index (χ3n) is 3.22. The van der Waals surface area contributed by atoms with Crippen LogP contribution in [0.15, 0.2) is 18.2 Å². The van der Waals surface area contributed by atoms with E-state index in [0.717, 1.165) is 25.9 Å². The van der Waals surface area contributed by atoms with Crippen LogP contribution in [0.1, 0.15) is 12.8 Å². The van der Waals surface area contributed by atoms with E-state index in [0.29, 0.717) is 11.4 Å². The van der Waals surface area contributed by atoms with Crippen molar-refractivity contribution in [3.8, 4) is 11.5 Å². The molecule has 2 rings (SSSR count). The molecule has 0 atom stereocenters. The summed E-state index contributed by atoms with van der Waals surface area (Å²) in [6, 6.07) is 4.71. The van der Waals surface area contributed by atoms with Crippen LogP contribution in [0, 0.1) is 0 Å². The highest BCUT2D eigenvalue weighted by Crippen LogP contribution is 2.27. The Morgan fingerprint density at radius 2 is 2.20 bits per heavy atom. The lowest BCUT2D eigenvalue weighted by Crippen LogP contribution is -2.34. The van der Waals surface area contributed by atoms with Crippen LogP contribution < -0.4 is 15.4 Å². The highest BCUT2D eigenvalue weighted by Gasteiger charge is 2.15. The lowest BCUT2D eigenvalue weighted by molar-refractivity contribution is -0.123. The first-order valence-electron chi connectivity index (χ1n) is 6.68. The van der Waals surface area contributed by atoms with E-state index in [1.54, 1.807) is 12.1 Å². The number of methoxy groups -OCH3 is 1. The molecule has 0 spiro atoms. The zero-order valence-corrected chi connectivity index (χ0v) is 11.5. The van der Waals surface area contributed by atoms with Crippen molar-refractivity contribution in [2.75, 3.05) is 32.1 Å². The van der Waals surface area contributed by atoms with Crippen molar-refractivity contribution < 1.29 is 19.4 Å². The fourth-order valence-corrected chi connectivity index (χ4v) is 2.09. The number of hydrogen-bond donors (Lipinski definition) is 3. The van der Waals surface area contributed by atoms with Gasteiger partial charge in [0.1, 0.15) is 18.1 Å². The van der Waals surface area contributed by atoms with Gasteiger partial charge in [-0.05, 0) is 38.1 Å². The summed E-state index contributed by atoms with van der Waals surface area (Å²) in [5, 5.41) is 15.6. The molecular weight excluding hydrogens is 260 g/mol. The number of ether oxygens (including phenoxy) is 2. The lowest BCUT2D eigenvalue weighted by atomic mass is 10.1. The fraction of sp³-hybridized carbons (Fsp3) is 0.500. The lowest BCUT2D eigenvalue weighted by Gasteiger charge is -2.22. The maximum Gasteiger partial charge on any atom is 0.250 e. The fourth-order valence-electron chi connectivity index (χ4n) is 2.09. The topological polar surface area (TPSA) is 79.8 Å². The molecular formula is C14H20N2O4. The summed E-state index contributed by atoms with van der Waals surface area (Å²) in [6.45, 7) is 1.84. The van der Waals surface area contributed by atoms with Crippen LogP contribution in [0.3, 0.4) is 0 Å². The van der Waals surface area contributed by atoms with Gasteiger partial charge in [0.2, 0.25) is 5.91 Å². The van der Waals surface area contributed by atoms with E-state index in [2.05, 4.69) is 10.6 Å². The molecule has 0 aromatic heterocycles. The SMILES string of the molecule is COc1ccc(NC(=O)COC2CCNCC2)c(O)c1. The molecule has 6 nitrogen and oxygen atoms in total. The average molecular weight is 280 g/mol. The van der Waals surface area contributed by atoms with Crippen molar-refractivity contribution in [3.05, 3.63) is 18.2 Å². The van der Waals surface area contributed by atoms with Gasteiger partial charge in [-0.25, -0.2) is 0 Å². The van der Waals surface area contributed by atoms with E-state index >= 15 is 0 Å². The molecule has 1 fully saturated rings. The van der Waals surface area contributed by atoms with Gasteiger partial charge < -0.3 is 25.2 Å². The third-order valence-corrected chi connectivity index (χ3v) is 3.22. The number of nitrogens with one attached hydrogen (secondary N) is 2. The Bertz CT molecular complexity index is 458. The number of rotatable bonds is 5. The van der Waals surface area contributed by atoms with Crippen LogP contribution in [-0.4, -0.2) is 43.9 Å². The predicted octanol–water partition coefficient (Wildman–Crippen LogP) is 1.11. The van der Waals surface area contributed by atoms with Gasteiger partial charge in [-0.15, -0.1) is 0 Å². The summed E-state index contributed by atoms with van der Waals surface area (Å²) in [5.41, 5.74) is 0.352. The van der Waals surface area contributed by atoms with Crippen molar-refractivity contribution in [2.24, 2.45) is 0 Å². The van der Waals surface area contributed by atoms with Gasteiger partial charge >= 0.3 is 0 Å². The minimum atomic E-state index is -0.274. The van der Waals surface area contributed by atoms with E-state index in [1.165, 1.54) is 13.2 Å². The molecule has 1 heterocycles. The maximum absolute atomic E-state index is 11.8. The summed E-state index contributed by atoms with van der Waals surface area (Å²) in [5.74, 6) is 0.232. The highest BCUT2D eigenvalue weighted by molar-refractivity contribution is 5.93. The van der Waals surface area contributed by atoms with Crippen LogP contribution in [0.4, 0.5) is 5.69 Å². The summed E-state index contributed by atoms with van der Waals surface area (Å²) >= 11 is 0. The zero-order chi connectivity index (χ0) is 14.4. The van der Waals surface area contributed by atoms with Crippen LogP contribution >= 0.6 is 0 Å². The number of aromatic hydroxyl groups is 1. The quantitative estimate of drug-likeness (QED) is 0.704. The molecule has 6 heteroatoms. The molecule has 3 N–H and O–H groups in total. The monoisotopic (exact) mass is 280 g/mol. The van der Waals surface area contributed by atoms with E-state index in [4.69, 9.17) is 9.47 Å². The molecule has 1 saturated heterocycles. The Morgan fingerprint density at radius 1 is 1.45 bits per heavy atom. The largest absolute Gasteiger partial charge is 0.506 e. The summed E-state index contributed by atoms with van der Waals surface area (Å²) in [4.78, 5) is 11.8. The molecule has 0 unspecified atom stereocenters. The number of piperidine rings is 1. The molecule has 0 radical (unpaired) electrons. The van der Waals surface area contributed by atoms with Crippen LogP contribution in [0.25, 0.3) is 0 Å². The Labute approximate surface area is 118 Å². The number of amides is 1. The Balaban J connectivity index is 1.81. The third kappa shape index (κ3) is 4.11. The van der Waals surface area contributed by atoms with Crippen molar-refractivity contribution in [1.82, 2.24) is 5.32 Å². The number of carbonyl (C=O) groups excluding carboxylic acids is 1. The van der Waals surface area contributed by atoms with E-state index in [-0.39, 0.29) is 24.4 Å². The zero-order valence-electron chi connectivity index (χ0n) is 11.5. The van der Waals surface area contributed by atoms with Crippen LogP contribution in [0.5, 0.6) is 11.5 Å². The smallest absolute Gasteiger partial charge is 0.250 e. The van der Waals surface area contributed by atoms with Gasteiger partial charge in [0.25, 0.3) is 0 Å². The standard InChI is InChI=1S/C14H20N2O4/c1-19-11-2-3-12(13(17)8-11)16-14(18)9-20-10-4-6-15-7-5-10/h2-3,8,10,15,17H,4-7,9H2,1H3,(H,16,18). The first-order chi connectivity index (χ1) is 9.69. The second-order valence-electron chi connectivity index (χ2n) is 4.69. The Hall–Kier alpha value is -1.79. The number of benzene rings is 1. The summed E-state index contributed by atoms with van der Waals surface area (Å²) < 4.78 is 10.5. The van der Waals surface area contributed by atoms with Crippen LogP contribution in [0.2, 0.25) is 0 Å². The Kier molecular flexibility index (Phi) is 5.20. The molecule has 0 aliphatic carbocycles. The van der Waals surface area contributed by atoms with Crippen LogP contribution in [-0.2, 0) is 9.53 Å². The predicted molar refractivity (Wildman–Crippen MR) is 75.1 cm³/mol. The van der Waals surface area contributed by atoms with Crippen molar-refractivity contribution in [2.45, 2.75) is 18.9 Å². The van der Waals surface area contributed by atoms with E-state index in [1.807, 2.05) is 0 Å². The number of phenols is 1. The molecule has 1 aliphatic heterocycles. The first-order valence-corrected chi connectivity index (χ1v) is 6.68. The van der Waals surface area contributed by atoms with Gasteiger partial charge in [-0.1, -0.05) is 0 Å². The molecule has 110 valence electrons. The molecule has 1 aromatic rings. The summed E-state index contributed by atoms with van der Waals surface area (Å²) in [6.07, 6.45) is 1.97. The normalized spacial score (nSPS) is 15.8. The van der Waals surface area contributed by atoms with Gasteiger partial charge in [0.15, 0.2) is 0 Å². The van der Waals surface area contributed by atoms with E-state index < -0.39 is 0 Å². The minimum Gasteiger partial charge on any atom is -0.506 e. The maximum atomic E-state index is 11.8. The summed E-state index contributed by atoms with van der Waals surface area (Å²) in [7, 11) is 1.51. The Morgan fingerprint density at radius 3 is 2.85 bits per heavy atom. The molecule has 1 aromatic carbocycles. The molecule has 0 saturated carbocycles. The van der Waals surface area contributed by atoms with Gasteiger partial charge in [0.05, 0.1) is 18.9 Å². The second-order valence-corrected chi connectivity index (χ2v) is 4.69. The molecule has 1 amide bonds. The number of phenolic OH excluding ortho intramolecular Hbond substituents is 1. The van der Waals surface area contributed by atoms with Crippen molar-refractivity contribution in [3.63, 3.8) is 0 Å². The number of hydrogen-bond acceptors (Lipinski definition) is 5. The number of anilines is 1.